The van der Waals surface area contributed by atoms with E-state index in [1.54, 1.807) is 20.4 Å². The van der Waals surface area contributed by atoms with E-state index >= 15 is 0 Å². The van der Waals surface area contributed by atoms with Gasteiger partial charge in [0.2, 0.25) is 0 Å². The molecule has 2 heterocycles. The number of aromatic nitrogens is 1. The SMILES string of the molecule is COC[C@H](C)N1C[C@H]2CCC[C@@H](C1)C2(OC)c1ccnc(C(N)=O)c1.Cl. The van der Waals surface area contributed by atoms with Crippen LogP contribution in [-0.2, 0) is 15.1 Å². The molecule has 1 amide bonds. The Kier molecular flexibility index (Phi) is 7.02. The lowest BCUT2D eigenvalue weighted by atomic mass is 9.62. The summed E-state index contributed by atoms with van der Waals surface area (Å²) in [6.45, 7) is 4.91. The number of ether oxygens (including phenoxy) is 2. The van der Waals surface area contributed by atoms with Gasteiger partial charge in [0.25, 0.3) is 5.91 Å². The molecule has 2 bridgehead atoms. The van der Waals surface area contributed by atoms with Crippen molar-refractivity contribution in [2.75, 3.05) is 33.9 Å². The summed E-state index contributed by atoms with van der Waals surface area (Å²) >= 11 is 0. The van der Waals surface area contributed by atoms with Crippen molar-refractivity contribution in [2.45, 2.75) is 37.8 Å². The number of hydrogen-bond donors (Lipinski definition) is 1. The van der Waals surface area contributed by atoms with Gasteiger partial charge in [-0.2, -0.15) is 0 Å². The van der Waals surface area contributed by atoms with Gasteiger partial charge in [0.15, 0.2) is 0 Å². The van der Waals surface area contributed by atoms with Crippen molar-refractivity contribution in [1.82, 2.24) is 9.88 Å². The molecular weight excluding hydrogens is 354 g/mol. The molecule has 6 nitrogen and oxygen atoms in total. The molecular formula is C19H30ClN3O3. The number of carbonyl (C=O) groups is 1. The fourth-order valence-electron chi connectivity index (χ4n) is 4.90. The van der Waals surface area contributed by atoms with Crippen molar-refractivity contribution < 1.29 is 14.3 Å². The predicted octanol–water partition coefficient (Wildman–Crippen LogP) is 2.21. The van der Waals surface area contributed by atoms with Crippen molar-refractivity contribution in [2.24, 2.45) is 17.6 Å². The molecule has 1 unspecified atom stereocenters. The zero-order valence-corrected chi connectivity index (χ0v) is 16.6. The van der Waals surface area contributed by atoms with E-state index in [-0.39, 0.29) is 18.0 Å². The lowest BCUT2D eigenvalue weighted by molar-refractivity contribution is -0.175. The second-order valence-electron chi connectivity index (χ2n) is 7.37. The van der Waals surface area contributed by atoms with Crippen LogP contribution >= 0.6 is 12.4 Å². The Morgan fingerprint density at radius 1 is 1.38 bits per heavy atom. The van der Waals surface area contributed by atoms with E-state index in [1.807, 2.05) is 12.1 Å². The van der Waals surface area contributed by atoms with E-state index in [2.05, 4.69) is 16.8 Å². The van der Waals surface area contributed by atoms with Crippen molar-refractivity contribution in [1.29, 1.82) is 0 Å². The summed E-state index contributed by atoms with van der Waals surface area (Å²) in [5, 5.41) is 0. The number of nitrogens with two attached hydrogens (primary N) is 1. The van der Waals surface area contributed by atoms with Crippen molar-refractivity contribution in [3.8, 4) is 0 Å². The second-order valence-corrected chi connectivity index (χ2v) is 7.37. The first-order chi connectivity index (χ1) is 12.0. The minimum absolute atomic E-state index is 0. The van der Waals surface area contributed by atoms with Crippen LogP contribution in [0.1, 0.15) is 42.2 Å². The molecule has 2 N–H and O–H groups in total. The summed E-state index contributed by atoms with van der Waals surface area (Å²) in [6, 6.07) is 4.20. The van der Waals surface area contributed by atoms with E-state index in [0.29, 0.717) is 23.6 Å². The smallest absolute Gasteiger partial charge is 0.267 e. The fourth-order valence-corrected chi connectivity index (χ4v) is 4.90. The van der Waals surface area contributed by atoms with Crippen LogP contribution in [0.5, 0.6) is 0 Å². The van der Waals surface area contributed by atoms with Gasteiger partial charge in [-0.1, -0.05) is 6.42 Å². The number of pyridine rings is 1. The third-order valence-electron chi connectivity index (χ3n) is 6.06. The summed E-state index contributed by atoms with van der Waals surface area (Å²) in [4.78, 5) is 18.2. The Bertz CT molecular complexity index is 614. The zero-order valence-electron chi connectivity index (χ0n) is 15.8. The Morgan fingerprint density at radius 3 is 2.58 bits per heavy atom. The fraction of sp³-hybridized carbons (Fsp3) is 0.684. The Labute approximate surface area is 161 Å². The number of piperidine rings is 1. The molecule has 4 atom stereocenters. The molecule has 0 radical (unpaired) electrons. The standard InChI is InChI=1S/C19H29N3O3.ClH/c1-13(12-24-2)22-10-15-5-4-6-16(11-22)19(15,25-3)14-7-8-21-17(9-14)18(20)23;/h7-9,13,15-16H,4-6,10-12H2,1-3H3,(H2,20,23);1H/t13-,15-,16+,19?;/m0./s1. The Hall–Kier alpha value is -1.21. The number of carbonyl (C=O) groups excluding carboxylic acids is 1. The van der Waals surface area contributed by atoms with Gasteiger partial charge in [-0.25, -0.2) is 0 Å². The molecule has 146 valence electrons. The minimum atomic E-state index is -0.496. The van der Waals surface area contributed by atoms with Crippen LogP contribution in [0.15, 0.2) is 18.3 Å². The molecule has 1 aromatic rings. The zero-order chi connectivity index (χ0) is 18.0. The number of nitrogens with zero attached hydrogens (tertiary/aromatic N) is 2. The van der Waals surface area contributed by atoms with E-state index in [9.17, 15) is 4.79 Å². The summed E-state index contributed by atoms with van der Waals surface area (Å²) < 4.78 is 11.6. The molecule has 1 aromatic heterocycles. The molecule has 1 aliphatic carbocycles. The predicted molar refractivity (Wildman–Crippen MR) is 102 cm³/mol. The highest BCUT2D eigenvalue weighted by Gasteiger charge is 2.53. The first-order valence-corrected chi connectivity index (χ1v) is 9.07. The van der Waals surface area contributed by atoms with Crippen LogP contribution in [0.25, 0.3) is 0 Å². The van der Waals surface area contributed by atoms with Crippen LogP contribution in [0, 0.1) is 11.8 Å². The van der Waals surface area contributed by atoms with E-state index < -0.39 is 5.91 Å². The highest BCUT2D eigenvalue weighted by Crippen LogP contribution is 2.51. The number of rotatable bonds is 6. The quantitative estimate of drug-likeness (QED) is 0.814. The van der Waals surface area contributed by atoms with Crippen molar-refractivity contribution >= 4 is 18.3 Å². The topological polar surface area (TPSA) is 77.7 Å². The van der Waals surface area contributed by atoms with Crippen LogP contribution in [0.3, 0.4) is 0 Å². The van der Waals surface area contributed by atoms with Gasteiger partial charge in [-0.15, -0.1) is 12.4 Å². The molecule has 1 saturated heterocycles. The molecule has 2 fully saturated rings. The molecule has 2 aliphatic rings. The van der Waals surface area contributed by atoms with E-state index in [1.165, 1.54) is 6.42 Å². The summed E-state index contributed by atoms with van der Waals surface area (Å²) in [7, 11) is 3.55. The average Bonchev–Trinajstić information content (AvgIpc) is 2.60. The third-order valence-corrected chi connectivity index (χ3v) is 6.06. The van der Waals surface area contributed by atoms with Crippen LogP contribution in [0.4, 0.5) is 0 Å². The van der Waals surface area contributed by atoms with Gasteiger partial charge in [0, 0.05) is 51.4 Å². The van der Waals surface area contributed by atoms with Crippen molar-refractivity contribution in [3.05, 3.63) is 29.6 Å². The van der Waals surface area contributed by atoms with E-state index in [0.717, 1.165) is 38.1 Å². The normalized spacial score (nSPS) is 29.7. The maximum atomic E-state index is 11.6. The molecule has 1 aliphatic heterocycles. The summed E-state index contributed by atoms with van der Waals surface area (Å²) in [6.07, 6.45) is 5.14. The number of likely N-dealkylation sites (tertiary alicyclic amines) is 1. The van der Waals surface area contributed by atoms with Gasteiger partial charge in [-0.3, -0.25) is 14.7 Å². The second kappa shape index (κ2) is 8.65. The lowest BCUT2D eigenvalue weighted by Gasteiger charge is -2.56. The number of fused-ring (bicyclic) bond motifs is 2. The summed E-state index contributed by atoms with van der Waals surface area (Å²) in [5.74, 6) is 0.268. The molecule has 0 aromatic carbocycles. The highest BCUT2D eigenvalue weighted by atomic mass is 35.5. The van der Waals surface area contributed by atoms with Crippen LogP contribution in [-0.4, -0.2) is 55.7 Å². The lowest BCUT2D eigenvalue weighted by Crippen LogP contribution is -2.61. The first kappa shape index (κ1) is 21.1. The van der Waals surface area contributed by atoms with E-state index in [4.69, 9.17) is 15.2 Å². The van der Waals surface area contributed by atoms with Crippen molar-refractivity contribution in [3.63, 3.8) is 0 Å². The minimum Gasteiger partial charge on any atom is -0.383 e. The van der Waals surface area contributed by atoms with Gasteiger partial charge in [0.1, 0.15) is 11.3 Å². The van der Waals surface area contributed by atoms with Gasteiger partial charge >= 0.3 is 0 Å². The van der Waals surface area contributed by atoms with Gasteiger partial charge in [0.05, 0.1) is 6.61 Å². The monoisotopic (exact) mass is 383 g/mol. The number of methoxy groups -OCH3 is 2. The maximum absolute atomic E-state index is 11.6. The molecule has 0 spiro atoms. The molecule has 7 heteroatoms. The summed E-state index contributed by atoms with van der Waals surface area (Å²) in [5.41, 5.74) is 6.42. The molecule has 1 saturated carbocycles. The largest absolute Gasteiger partial charge is 0.383 e. The van der Waals surface area contributed by atoms with Crippen LogP contribution in [0.2, 0.25) is 0 Å². The number of amides is 1. The maximum Gasteiger partial charge on any atom is 0.267 e. The number of hydrogen-bond acceptors (Lipinski definition) is 5. The first-order valence-electron chi connectivity index (χ1n) is 9.07. The highest BCUT2D eigenvalue weighted by molar-refractivity contribution is 5.90. The van der Waals surface area contributed by atoms with Gasteiger partial charge < -0.3 is 15.2 Å². The third kappa shape index (κ3) is 3.60. The Morgan fingerprint density at radius 2 is 2.04 bits per heavy atom. The number of halogens is 1. The van der Waals surface area contributed by atoms with Crippen LogP contribution < -0.4 is 5.73 Å². The average molecular weight is 384 g/mol. The number of primary amides is 1. The van der Waals surface area contributed by atoms with Gasteiger partial charge in [-0.05, 0) is 37.5 Å². The molecule has 26 heavy (non-hydrogen) atoms. The Balaban J connectivity index is 0.00000243. The molecule has 3 rings (SSSR count).